The number of fused-ring (bicyclic) bond motifs is 1. The normalized spacial score (nSPS) is 20.9. The van der Waals surface area contributed by atoms with Crippen molar-refractivity contribution in [2.45, 2.75) is 19.5 Å². The third-order valence-electron chi connectivity index (χ3n) is 4.57. The van der Waals surface area contributed by atoms with Gasteiger partial charge in [-0.3, -0.25) is 14.6 Å². The van der Waals surface area contributed by atoms with Crippen LogP contribution in [0.3, 0.4) is 0 Å². The number of likely N-dealkylation sites (tertiary alicyclic amines) is 1. The lowest BCUT2D eigenvalue weighted by molar-refractivity contribution is -0.147. The fourth-order valence-electron chi connectivity index (χ4n) is 3.09. The predicted molar refractivity (Wildman–Crippen MR) is 83.0 cm³/mol. The Labute approximate surface area is 141 Å². The van der Waals surface area contributed by atoms with Gasteiger partial charge >= 0.3 is 12.1 Å². The molecule has 1 aliphatic rings. The topological polar surface area (TPSA) is 70.5 Å². The van der Waals surface area contributed by atoms with E-state index in [0.29, 0.717) is 0 Å². The molecule has 1 unspecified atom stereocenters. The fraction of sp³-hybridized carbons (Fsp3) is 0.353. The number of aromatic nitrogens is 1. The summed E-state index contributed by atoms with van der Waals surface area (Å²) < 4.78 is 40.8. The van der Waals surface area contributed by atoms with Crippen molar-refractivity contribution in [3.63, 3.8) is 0 Å². The van der Waals surface area contributed by atoms with E-state index in [-0.39, 0.29) is 30.4 Å². The largest absolute Gasteiger partial charge is 0.481 e. The third kappa shape index (κ3) is 2.92. The van der Waals surface area contributed by atoms with Crippen LogP contribution in [0.25, 0.3) is 10.9 Å². The first-order chi connectivity index (χ1) is 11.6. The molecule has 1 aromatic carbocycles. The number of alkyl halides is 3. The van der Waals surface area contributed by atoms with E-state index in [2.05, 4.69) is 4.98 Å². The maximum atomic E-state index is 13.6. The predicted octanol–water partition coefficient (Wildman–Crippen LogP) is 3.19. The standard InChI is InChI=1S/C17H15F3N2O3/c1-16(15(24)25)6-7-22(9-16)14(23)11-8-21-12-5-3-2-4-10(12)13(11)17(18,19)20/h2-5,8H,6-7,9H2,1H3,(H,24,25). The van der Waals surface area contributed by atoms with E-state index in [1.54, 1.807) is 6.07 Å². The van der Waals surface area contributed by atoms with Crippen molar-refractivity contribution in [3.8, 4) is 0 Å². The van der Waals surface area contributed by atoms with Crippen molar-refractivity contribution in [1.82, 2.24) is 9.88 Å². The highest BCUT2D eigenvalue weighted by Gasteiger charge is 2.44. The molecule has 1 N–H and O–H groups in total. The van der Waals surface area contributed by atoms with Crippen LogP contribution in [0.1, 0.15) is 29.3 Å². The highest BCUT2D eigenvalue weighted by molar-refractivity contribution is 6.01. The summed E-state index contributed by atoms with van der Waals surface area (Å²) in [6.45, 7) is 1.43. The first-order valence-corrected chi connectivity index (χ1v) is 7.61. The smallest absolute Gasteiger partial charge is 0.417 e. The lowest BCUT2D eigenvalue weighted by atomic mass is 9.90. The minimum absolute atomic E-state index is 0.0890. The van der Waals surface area contributed by atoms with Crippen LogP contribution in [0.2, 0.25) is 0 Å². The van der Waals surface area contributed by atoms with Gasteiger partial charge in [0.05, 0.1) is 22.1 Å². The van der Waals surface area contributed by atoms with E-state index >= 15 is 0 Å². The molecule has 0 aliphatic carbocycles. The Morgan fingerprint density at radius 2 is 1.96 bits per heavy atom. The zero-order valence-electron chi connectivity index (χ0n) is 13.3. The molecule has 2 aromatic rings. The summed E-state index contributed by atoms with van der Waals surface area (Å²) >= 11 is 0. The van der Waals surface area contributed by atoms with Gasteiger partial charge in [-0.2, -0.15) is 13.2 Å². The summed E-state index contributed by atoms with van der Waals surface area (Å²) in [5.41, 5.74) is -2.60. The van der Waals surface area contributed by atoms with Gasteiger partial charge in [-0.05, 0) is 19.4 Å². The molecule has 132 valence electrons. The molecule has 5 nitrogen and oxygen atoms in total. The summed E-state index contributed by atoms with van der Waals surface area (Å²) in [5, 5.41) is 9.09. The van der Waals surface area contributed by atoms with E-state index in [1.807, 2.05) is 0 Å². The number of carbonyl (C=O) groups excluding carboxylic acids is 1. The molecule has 1 amide bonds. The lowest BCUT2D eigenvalue weighted by Gasteiger charge is -2.22. The Morgan fingerprint density at radius 1 is 1.28 bits per heavy atom. The Bertz CT molecular complexity index is 866. The van der Waals surface area contributed by atoms with Gasteiger partial charge in [0, 0.05) is 24.7 Å². The fourth-order valence-corrected chi connectivity index (χ4v) is 3.09. The molecule has 8 heteroatoms. The van der Waals surface area contributed by atoms with Gasteiger partial charge in [0.25, 0.3) is 5.91 Å². The zero-order valence-corrected chi connectivity index (χ0v) is 13.3. The van der Waals surface area contributed by atoms with E-state index in [0.717, 1.165) is 11.1 Å². The molecule has 0 saturated carbocycles. The van der Waals surface area contributed by atoms with Crippen LogP contribution in [0.5, 0.6) is 0 Å². The first-order valence-electron chi connectivity index (χ1n) is 7.61. The van der Waals surface area contributed by atoms with Crippen LogP contribution in [0.15, 0.2) is 30.5 Å². The first kappa shape index (κ1) is 17.2. The lowest BCUT2D eigenvalue weighted by Crippen LogP contribution is -2.35. The molecular weight excluding hydrogens is 337 g/mol. The van der Waals surface area contributed by atoms with Gasteiger partial charge in [0.2, 0.25) is 0 Å². The zero-order chi connectivity index (χ0) is 18.4. The van der Waals surface area contributed by atoms with E-state index in [1.165, 1.54) is 25.1 Å². The van der Waals surface area contributed by atoms with Gasteiger partial charge in [-0.15, -0.1) is 0 Å². The Morgan fingerprint density at radius 3 is 2.56 bits per heavy atom. The SMILES string of the molecule is CC1(C(=O)O)CCN(C(=O)c2cnc3ccccc3c2C(F)(F)F)C1. The maximum absolute atomic E-state index is 13.6. The highest BCUT2D eigenvalue weighted by atomic mass is 19.4. The van der Waals surface area contributed by atoms with Gasteiger partial charge < -0.3 is 10.0 Å². The molecule has 0 spiro atoms. The second-order valence-electron chi connectivity index (χ2n) is 6.40. The number of aliphatic carboxylic acids is 1. The average molecular weight is 352 g/mol. The van der Waals surface area contributed by atoms with Crippen molar-refractivity contribution in [1.29, 1.82) is 0 Å². The van der Waals surface area contributed by atoms with Gasteiger partial charge in [0.15, 0.2) is 0 Å². The van der Waals surface area contributed by atoms with E-state index < -0.39 is 34.6 Å². The quantitative estimate of drug-likeness (QED) is 0.901. The number of nitrogens with zero attached hydrogens (tertiary/aromatic N) is 2. The van der Waals surface area contributed by atoms with Crippen LogP contribution < -0.4 is 0 Å². The summed E-state index contributed by atoms with van der Waals surface area (Å²) in [6.07, 6.45) is -3.62. The molecule has 0 bridgehead atoms. The number of hydrogen-bond acceptors (Lipinski definition) is 3. The third-order valence-corrected chi connectivity index (χ3v) is 4.57. The van der Waals surface area contributed by atoms with Crippen LogP contribution in [0.4, 0.5) is 13.2 Å². The highest BCUT2D eigenvalue weighted by Crippen LogP contribution is 2.38. The maximum Gasteiger partial charge on any atom is 0.417 e. The molecule has 0 radical (unpaired) electrons. The summed E-state index contributed by atoms with van der Waals surface area (Å²) in [7, 11) is 0. The number of carboxylic acid groups (broad SMARTS) is 1. The van der Waals surface area contributed by atoms with Crippen LogP contribution in [-0.2, 0) is 11.0 Å². The molecule has 3 rings (SSSR count). The van der Waals surface area contributed by atoms with E-state index in [9.17, 15) is 27.9 Å². The number of benzene rings is 1. The number of pyridine rings is 1. The van der Waals surface area contributed by atoms with E-state index in [4.69, 9.17) is 0 Å². The molecular formula is C17H15F3N2O3. The molecule has 1 fully saturated rings. The van der Waals surface area contributed by atoms with Gasteiger partial charge in [0.1, 0.15) is 0 Å². The van der Waals surface area contributed by atoms with Crippen LogP contribution in [-0.4, -0.2) is 40.0 Å². The molecule has 2 heterocycles. The van der Waals surface area contributed by atoms with Crippen molar-refractivity contribution in [3.05, 3.63) is 41.6 Å². The Kier molecular flexibility index (Phi) is 3.93. The molecule has 1 saturated heterocycles. The summed E-state index contributed by atoms with van der Waals surface area (Å²) in [6, 6.07) is 5.73. The number of halogens is 3. The minimum Gasteiger partial charge on any atom is -0.481 e. The number of carboxylic acids is 1. The van der Waals surface area contributed by atoms with Crippen LogP contribution >= 0.6 is 0 Å². The Hall–Kier alpha value is -2.64. The van der Waals surface area contributed by atoms with Gasteiger partial charge in [-0.25, -0.2) is 0 Å². The van der Waals surface area contributed by atoms with Crippen molar-refractivity contribution < 1.29 is 27.9 Å². The number of para-hydroxylation sites is 1. The van der Waals surface area contributed by atoms with Crippen molar-refractivity contribution >= 4 is 22.8 Å². The van der Waals surface area contributed by atoms with Crippen LogP contribution in [0, 0.1) is 5.41 Å². The average Bonchev–Trinajstić information content (AvgIpc) is 2.96. The molecule has 1 aromatic heterocycles. The van der Waals surface area contributed by atoms with Gasteiger partial charge in [-0.1, -0.05) is 18.2 Å². The number of rotatable bonds is 2. The molecule has 1 aliphatic heterocycles. The minimum atomic E-state index is -4.73. The molecule has 25 heavy (non-hydrogen) atoms. The monoisotopic (exact) mass is 352 g/mol. The molecule has 1 atom stereocenters. The summed E-state index contributed by atoms with van der Waals surface area (Å²) in [4.78, 5) is 29.1. The van der Waals surface area contributed by atoms with Crippen molar-refractivity contribution in [2.75, 3.05) is 13.1 Å². The number of amides is 1. The second-order valence-corrected chi connectivity index (χ2v) is 6.40. The second kappa shape index (κ2) is 5.72. The summed E-state index contributed by atoms with van der Waals surface area (Å²) in [5.74, 6) is -1.92. The van der Waals surface area contributed by atoms with Crippen molar-refractivity contribution in [2.24, 2.45) is 5.41 Å². The Balaban J connectivity index is 2.07. The number of carbonyl (C=O) groups is 2. The number of hydrogen-bond donors (Lipinski definition) is 1.